The van der Waals surface area contributed by atoms with Crippen LogP contribution in [0.1, 0.15) is 37.7 Å². The molecule has 1 saturated carbocycles. The van der Waals surface area contributed by atoms with Crippen molar-refractivity contribution in [2.24, 2.45) is 5.92 Å². The maximum absolute atomic E-state index is 3.76. The Labute approximate surface area is 118 Å². The van der Waals surface area contributed by atoms with E-state index in [0.717, 1.165) is 18.4 Å². The molecule has 2 rings (SSSR count). The Kier molecular flexibility index (Phi) is 5.41. The maximum Gasteiger partial charge on any atom is 0.0114 e. The van der Waals surface area contributed by atoms with Gasteiger partial charge in [-0.25, -0.2) is 0 Å². The number of hydrogen-bond acceptors (Lipinski definition) is 2. The summed E-state index contributed by atoms with van der Waals surface area (Å²) < 4.78 is 0. The predicted octanol–water partition coefficient (Wildman–Crippen LogP) is 3.11. The molecule has 2 heteroatoms. The summed E-state index contributed by atoms with van der Waals surface area (Å²) >= 11 is 0. The first kappa shape index (κ1) is 14.5. The van der Waals surface area contributed by atoms with E-state index in [1.165, 1.54) is 31.4 Å². The molecule has 3 unspecified atom stereocenters. The fourth-order valence-electron chi connectivity index (χ4n) is 2.94. The normalized spacial score (nSPS) is 23.6. The molecule has 19 heavy (non-hydrogen) atoms. The zero-order valence-electron chi connectivity index (χ0n) is 12.6. The summed E-state index contributed by atoms with van der Waals surface area (Å²) in [5.74, 6) is 1.63. The van der Waals surface area contributed by atoms with Crippen molar-refractivity contribution in [3.05, 3.63) is 35.9 Å². The first-order valence-corrected chi connectivity index (χ1v) is 7.65. The van der Waals surface area contributed by atoms with Crippen LogP contribution in [0, 0.1) is 5.92 Å². The van der Waals surface area contributed by atoms with Gasteiger partial charge in [-0.1, -0.05) is 37.3 Å². The van der Waals surface area contributed by atoms with Gasteiger partial charge in [-0.05, 0) is 63.8 Å². The highest BCUT2D eigenvalue weighted by atomic mass is 15.1. The molecule has 1 fully saturated rings. The van der Waals surface area contributed by atoms with Gasteiger partial charge in [0.05, 0.1) is 0 Å². The molecule has 3 atom stereocenters. The van der Waals surface area contributed by atoms with E-state index < -0.39 is 0 Å². The largest absolute Gasteiger partial charge is 0.314 e. The van der Waals surface area contributed by atoms with Gasteiger partial charge in [0.25, 0.3) is 0 Å². The predicted molar refractivity (Wildman–Crippen MR) is 82.5 cm³/mol. The van der Waals surface area contributed by atoms with Crippen LogP contribution in [-0.2, 0) is 0 Å². The molecule has 1 aromatic rings. The molecule has 0 aromatic heterocycles. The van der Waals surface area contributed by atoms with Gasteiger partial charge >= 0.3 is 0 Å². The standard InChI is InChI=1S/C17H28N2/c1-4-11-18-17(10-12-19(2)3)16-13-15(16)14-8-6-5-7-9-14/h5-9,15-18H,4,10-13H2,1-3H3. The van der Waals surface area contributed by atoms with Gasteiger partial charge in [0.1, 0.15) is 0 Å². The summed E-state index contributed by atoms with van der Waals surface area (Å²) in [6, 6.07) is 11.7. The molecule has 106 valence electrons. The topological polar surface area (TPSA) is 15.3 Å². The molecule has 2 nitrogen and oxygen atoms in total. The summed E-state index contributed by atoms with van der Waals surface area (Å²) in [5.41, 5.74) is 1.53. The molecule has 1 aliphatic rings. The second-order valence-corrected chi connectivity index (χ2v) is 6.07. The first-order chi connectivity index (χ1) is 9.22. The third-order valence-electron chi connectivity index (χ3n) is 4.13. The quantitative estimate of drug-likeness (QED) is 0.772. The molecule has 0 radical (unpaired) electrons. The van der Waals surface area contributed by atoms with Crippen LogP contribution in [0.25, 0.3) is 0 Å². The number of rotatable bonds is 8. The Morgan fingerprint density at radius 3 is 2.63 bits per heavy atom. The van der Waals surface area contributed by atoms with E-state index in [-0.39, 0.29) is 0 Å². The molecule has 1 N–H and O–H groups in total. The van der Waals surface area contributed by atoms with E-state index in [1.54, 1.807) is 0 Å². The Bertz CT molecular complexity index is 361. The highest BCUT2D eigenvalue weighted by Gasteiger charge is 2.43. The average Bonchev–Trinajstić information content (AvgIpc) is 3.20. The number of nitrogens with one attached hydrogen (secondary N) is 1. The SMILES string of the molecule is CCCNC(CCN(C)C)C1CC1c1ccccc1. The summed E-state index contributed by atoms with van der Waals surface area (Å²) in [6.07, 6.45) is 3.85. The van der Waals surface area contributed by atoms with Crippen molar-refractivity contribution in [2.45, 2.75) is 38.1 Å². The smallest absolute Gasteiger partial charge is 0.0114 e. The van der Waals surface area contributed by atoms with Crippen molar-refractivity contribution in [1.29, 1.82) is 0 Å². The molecule has 0 amide bonds. The third-order valence-corrected chi connectivity index (χ3v) is 4.13. The van der Waals surface area contributed by atoms with Crippen LogP contribution in [0.15, 0.2) is 30.3 Å². The van der Waals surface area contributed by atoms with Crippen molar-refractivity contribution in [2.75, 3.05) is 27.2 Å². The van der Waals surface area contributed by atoms with Gasteiger partial charge in [0, 0.05) is 6.04 Å². The van der Waals surface area contributed by atoms with Crippen molar-refractivity contribution in [1.82, 2.24) is 10.2 Å². The van der Waals surface area contributed by atoms with Gasteiger partial charge in [0.15, 0.2) is 0 Å². The highest BCUT2D eigenvalue weighted by Crippen LogP contribution is 2.50. The summed E-state index contributed by atoms with van der Waals surface area (Å²) in [4.78, 5) is 2.29. The Morgan fingerprint density at radius 1 is 1.26 bits per heavy atom. The van der Waals surface area contributed by atoms with Crippen molar-refractivity contribution in [3.8, 4) is 0 Å². The monoisotopic (exact) mass is 260 g/mol. The molecule has 1 aliphatic carbocycles. The fraction of sp³-hybridized carbons (Fsp3) is 0.647. The Hall–Kier alpha value is -0.860. The van der Waals surface area contributed by atoms with Crippen LogP contribution < -0.4 is 5.32 Å². The van der Waals surface area contributed by atoms with Crippen LogP contribution in [0.2, 0.25) is 0 Å². The van der Waals surface area contributed by atoms with E-state index in [1.807, 2.05) is 0 Å². The summed E-state index contributed by atoms with van der Waals surface area (Å²) in [7, 11) is 4.33. The van der Waals surface area contributed by atoms with E-state index >= 15 is 0 Å². The molecule has 0 heterocycles. The molecule has 0 spiro atoms. The minimum atomic E-state index is 0.688. The summed E-state index contributed by atoms with van der Waals surface area (Å²) in [5, 5.41) is 3.76. The average molecular weight is 260 g/mol. The van der Waals surface area contributed by atoms with Gasteiger partial charge in [-0.2, -0.15) is 0 Å². The minimum absolute atomic E-state index is 0.688. The zero-order valence-corrected chi connectivity index (χ0v) is 12.6. The minimum Gasteiger partial charge on any atom is -0.314 e. The molecular weight excluding hydrogens is 232 g/mol. The van der Waals surface area contributed by atoms with E-state index in [0.29, 0.717) is 6.04 Å². The lowest BCUT2D eigenvalue weighted by molar-refractivity contribution is 0.339. The van der Waals surface area contributed by atoms with Crippen LogP contribution in [0.5, 0.6) is 0 Å². The van der Waals surface area contributed by atoms with E-state index in [9.17, 15) is 0 Å². The van der Waals surface area contributed by atoms with Gasteiger partial charge in [0.2, 0.25) is 0 Å². The molecule has 1 aromatic carbocycles. The first-order valence-electron chi connectivity index (χ1n) is 7.65. The molecule has 0 aliphatic heterocycles. The van der Waals surface area contributed by atoms with Gasteiger partial charge < -0.3 is 10.2 Å². The number of hydrogen-bond donors (Lipinski definition) is 1. The molecular formula is C17H28N2. The lowest BCUT2D eigenvalue weighted by atomic mass is 10.0. The zero-order chi connectivity index (χ0) is 13.7. The van der Waals surface area contributed by atoms with Crippen LogP contribution in [-0.4, -0.2) is 38.1 Å². The van der Waals surface area contributed by atoms with Crippen LogP contribution >= 0.6 is 0 Å². The van der Waals surface area contributed by atoms with Gasteiger partial charge in [-0.15, -0.1) is 0 Å². The lowest BCUT2D eigenvalue weighted by Gasteiger charge is -2.21. The highest BCUT2D eigenvalue weighted by molar-refractivity contribution is 5.26. The Morgan fingerprint density at radius 2 is 2.00 bits per heavy atom. The molecule has 0 bridgehead atoms. The van der Waals surface area contributed by atoms with E-state index in [4.69, 9.17) is 0 Å². The van der Waals surface area contributed by atoms with Crippen molar-refractivity contribution in [3.63, 3.8) is 0 Å². The lowest BCUT2D eigenvalue weighted by Crippen LogP contribution is -2.35. The van der Waals surface area contributed by atoms with Gasteiger partial charge in [-0.3, -0.25) is 0 Å². The maximum atomic E-state index is 3.76. The van der Waals surface area contributed by atoms with Crippen LogP contribution in [0.3, 0.4) is 0 Å². The fourth-order valence-corrected chi connectivity index (χ4v) is 2.94. The molecule has 0 saturated heterocycles. The Balaban J connectivity index is 1.89. The third kappa shape index (κ3) is 4.32. The summed E-state index contributed by atoms with van der Waals surface area (Å²) in [6.45, 7) is 4.58. The number of benzene rings is 1. The second kappa shape index (κ2) is 7.06. The second-order valence-electron chi connectivity index (χ2n) is 6.07. The van der Waals surface area contributed by atoms with Crippen molar-refractivity contribution >= 4 is 0 Å². The van der Waals surface area contributed by atoms with Crippen molar-refractivity contribution < 1.29 is 0 Å². The van der Waals surface area contributed by atoms with Crippen LogP contribution in [0.4, 0.5) is 0 Å². The number of nitrogens with zero attached hydrogens (tertiary/aromatic N) is 1. The van der Waals surface area contributed by atoms with E-state index in [2.05, 4.69) is 61.6 Å².